The van der Waals surface area contributed by atoms with Crippen LogP contribution in [0.25, 0.3) is 0 Å². The van der Waals surface area contributed by atoms with Gasteiger partial charge in [0.15, 0.2) is 0 Å². The molecule has 0 amide bonds. The smallest absolute Gasteiger partial charge is 0.329 e. The Bertz CT molecular complexity index is 445. The van der Waals surface area contributed by atoms with E-state index < -0.39 is 5.54 Å². The van der Waals surface area contributed by atoms with Gasteiger partial charge in [0, 0.05) is 6.04 Å². The van der Waals surface area contributed by atoms with Gasteiger partial charge in [0.05, 0.1) is 6.61 Å². The molecule has 1 rings (SSSR count). The van der Waals surface area contributed by atoms with Gasteiger partial charge in [-0.05, 0) is 46.2 Å². The van der Waals surface area contributed by atoms with Crippen LogP contribution in [0.2, 0.25) is 0 Å². The van der Waals surface area contributed by atoms with Gasteiger partial charge < -0.3 is 9.47 Å². The van der Waals surface area contributed by atoms with Gasteiger partial charge in [0.1, 0.15) is 17.9 Å². The van der Waals surface area contributed by atoms with Crippen LogP contribution in [0.3, 0.4) is 0 Å². The fourth-order valence-electron chi connectivity index (χ4n) is 2.03. The van der Waals surface area contributed by atoms with E-state index >= 15 is 0 Å². The minimum Gasteiger partial charge on any atom is -0.491 e. The predicted octanol–water partition coefficient (Wildman–Crippen LogP) is 2.69. The highest BCUT2D eigenvalue weighted by Crippen LogP contribution is 2.19. The Hall–Kier alpha value is -1.55. The maximum Gasteiger partial charge on any atom is 0.329 e. The van der Waals surface area contributed by atoms with Crippen molar-refractivity contribution in [2.45, 2.75) is 46.2 Å². The summed E-state index contributed by atoms with van der Waals surface area (Å²) in [5, 5.41) is 3.23. The van der Waals surface area contributed by atoms with E-state index in [4.69, 9.17) is 9.47 Å². The average molecular weight is 279 g/mol. The zero-order valence-electron chi connectivity index (χ0n) is 13.0. The molecule has 0 aliphatic heterocycles. The number of rotatable bonds is 7. The molecule has 0 aliphatic rings. The standard InChI is InChI=1S/C16H25NO3/c1-6-19-15(18)16(5,17-12(2)3)11-20-14-10-8-7-9-13(14)4/h7-10,12,17H,6,11H2,1-5H3. The molecule has 0 bridgehead atoms. The topological polar surface area (TPSA) is 47.6 Å². The molecule has 0 heterocycles. The maximum absolute atomic E-state index is 12.1. The van der Waals surface area contributed by atoms with Gasteiger partial charge >= 0.3 is 5.97 Å². The molecule has 1 aromatic rings. The maximum atomic E-state index is 12.1. The number of hydrogen-bond acceptors (Lipinski definition) is 4. The number of esters is 1. The lowest BCUT2D eigenvalue weighted by atomic mass is 10.0. The van der Waals surface area contributed by atoms with Crippen molar-refractivity contribution in [3.05, 3.63) is 29.8 Å². The van der Waals surface area contributed by atoms with Crippen molar-refractivity contribution in [1.29, 1.82) is 0 Å². The zero-order chi connectivity index (χ0) is 15.2. The first kappa shape index (κ1) is 16.5. The lowest BCUT2D eigenvalue weighted by Crippen LogP contribution is -2.57. The largest absolute Gasteiger partial charge is 0.491 e. The Kier molecular flexibility index (Phi) is 6.02. The molecule has 0 saturated carbocycles. The molecule has 0 radical (unpaired) electrons. The van der Waals surface area contributed by atoms with E-state index in [1.54, 1.807) is 6.92 Å². The molecule has 4 heteroatoms. The van der Waals surface area contributed by atoms with Crippen LogP contribution in [0.15, 0.2) is 24.3 Å². The molecule has 0 saturated heterocycles. The van der Waals surface area contributed by atoms with Crippen LogP contribution in [0, 0.1) is 6.92 Å². The SMILES string of the molecule is CCOC(=O)C(C)(COc1ccccc1C)NC(C)C. The third-order valence-corrected chi connectivity index (χ3v) is 2.94. The Morgan fingerprint density at radius 2 is 2.00 bits per heavy atom. The van der Waals surface area contributed by atoms with Crippen LogP contribution in [-0.2, 0) is 9.53 Å². The third kappa shape index (κ3) is 4.53. The first-order valence-corrected chi connectivity index (χ1v) is 7.02. The minimum absolute atomic E-state index is 0.157. The van der Waals surface area contributed by atoms with Crippen LogP contribution in [0.1, 0.15) is 33.3 Å². The second-order valence-electron chi connectivity index (χ2n) is 5.41. The van der Waals surface area contributed by atoms with Crippen LogP contribution >= 0.6 is 0 Å². The number of para-hydroxylation sites is 1. The van der Waals surface area contributed by atoms with Gasteiger partial charge in [-0.1, -0.05) is 18.2 Å². The van der Waals surface area contributed by atoms with Crippen LogP contribution < -0.4 is 10.1 Å². The van der Waals surface area contributed by atoms with Crippen LogP contribution in [0.4, 0.5) is 0 Å². The molecule has 20 heavy (non-hydrogen) atoms. The summed E-state index contributed by atoms with van der Waals surface area (Å²) in [6.45, 7) is 10.2. The zero-order valence-corrected chi connectivity index (χ0v) is 13.0. The Morgan fingerprint density at radius 1 is 1.35 bits per heavy atom. The van der Waals surface area contributed by atoms with E-state index in [0.717, 1.165) is 11.3 Å². The highest BCUT2D eigenvalue weighted by atomic mass is 16.5. The summed E-state index contributed by atoms with van der Waals surface area (Å²) < 4.78 is 11.0. The Morgan fingerprint density at radius 3 is 2.55 bits per heavy atom. The first-order valence-electron chi connectivity index (χ1n) is 7.02. The fraction of sp³-hybridized carbons (Fsp3) is 0.562. The summed E-state index contributed by atoms with van der Waals surface area (Å²) in [4.78, 5) is 12.1. The van der Waals surface area contributed by atoms with Crippen molar-refractivity contribution in [3.63, 3.8) is 0 Å². The molecule has 112 valence electrons. The minimum atomic E-state index is -0.855. The van der Waals surface area contributed by atoms with Crippen molar-refractivity contribution in [2.24, 2.45) is 0 Å². The number of ether oxygens (including phenoxy) is 2. The quantitative estimate of drug-likeness (QED) is 0.780. The normalized spacial score (nSPS) is 13.9. The first-order chi connectivity index (χ1) is 9.39. The van der Waals surface area contributed by atoms with Gasteiger partial charge in [-0.3, -0.25) is 5.32 Å². The highest BCUT2D eigenvalue weighted by Gasteiger charge is 2.36. The second kappa shape index (κ2) is 7.29. The van der Waals surface area contributed by atoms with E-state index in [-0.39, 0.29) is 18.6 Å². The third-order valence-electron chi connectivity index (χ3n) is 2.94. The lowest BCUT2D eigenvalue weighted by molar-refractivity contribution is -0.152. The number of aryl methyl sites for hydroxylation is 1. The molecule has 1 atom stereocenters. The number of carbonyl (C=O) groups is 1. The number of hydrogen-bond donors (Lipinski definition) is 1. The highest BCUT2D eigenvalue weighted by molar-refractivity contribution is 5.80. The molecule has 4 nitrogen and oxygen atoms in total. The average Bonchev–Trinajstić information content (AvgIpc) is 2.37. The summed E-state index contributed by atoms with van der Waals surface area (Å²) in [7, 11) is 0. The van der Waals surface area contributed by atoms with Crippen molar-refractivity contribution < 1.29 is 14.3 Å². The summed E-state index contributed by atoms with van der Waals surface area (Å²) in [5.74, 6) is 0.496. The number of benzene rings is 1. The van der Waals surface area contributed by atoms with Gasteiger partial charge in [0.25, 0.3) is 0 Å². The Balaban J connectivity index is 2.80. The second-order valence-corrected chi connectivity index (χ2v) is 5.41. The molecule has 1 N–H and O–H groups in total. The molecule has 0 fully saturated rings. The fourth-order valence-corrected chi connectivity index (χ4v) is 2.03. The lowest BCUT2D eigenvalue weighted by Gasteiger charge is -2.30. The van der Waals surface area contributed by atoms with Gasteiger partial charge in [0.2, 0.25) is 0 Å². The summed E-state index contributed by atoms with van der Waals surface area (Å²) >= 11 is 0. The van der Waals surface area contributed by atoms with Crippen LogP contribution in [-0.4, -0.2) is 30.8 Å². The van der Waals surface area contributed by atoms with E-state index in [1.165, 1.54) is 0 Å². The summed E-state index contributed by atoms with van der Waals surface area (Å²) in [6.07, 6.45) is 0. The Labute approximate surface area is 121 Å². The van der Waals surface area contributed by atoms with E-state index in [0.29, 0.717) is 6.61 Å². The monoisotopic (exact) mass is 279 g/mol. The van der Waals surface area contributed by atoms with E-state index in [2.05, 4.69) is 5.32 Å². The molecule has 1 unspecified atom stereocenters. The van der Waals surface area contributed by atoms with Crippen molar-refractivity contribution in [3.8, 4) is 5.75 Å². The van der Waals surface area contributed by atoms with Crippen molar-refractivity contribution in [2.75, 3.05) is 13.2 Å². The van der Waals surface area contributed by atoms with Crippen LogP contribution in [0.5, 0.6) is 5.75 Å². The predicted molar refractivity (Wildman–Crippen MR) is 80.0 cm³/mol. The van der Waals surface area contributed by atoms with Gasteiger partial charge in [-0.2, -0.15) is 0 Å². The molecule has 0 aliphatic carbocycles. The van der Waals surface area contributed by atoms with Crippen molar-refractivity contribution >= 4 is 5.97 Å². The number of carbonyl (C=O) groups excluding carboxylic acids is 1. The summed E-state index contributed by atoms with van der Waals surface area (Å²) in [5.41, 5.74) is 0.190. The number of nitrogens with one attached hydrogen (secondary N) is 1. The van der Waals surface area contributed by atoms with Crippen molar-refractivity contribution in [1.82, 2.24) is 5.32 Å². The van der Waals surface area contributed by atoms with Gasteiger partial charge in [-0.25, -0.2) is 4.79 Å². The molecular weight excluding hydrogens is 254 g/mol. The molecule has 1 aromatic carbocycles. The molecule has 0 aromatic heterocycles. The summed E-state index contributed by atoms with van der Waals surface area (Å²) in [6, 6.07) is 7.91. The molecule has 0 spiro atoms. The van der Waals surface area contributed by atoms with E-state index in [9.17, 15) is 4.79 Å². The van der Waals surface area contributed by atoms with Gasteiger partial charge in [-0.15, -0.1) is 0 Å². The van der Waals surface area contributed by atoms with E-state index in [1.807, 2.05) is 52.0 Å². The molecular formula is C16H25NO3.